The average Bonchev–Trinajstić information content (AvgIpc) is 3.08. The Kier molecular flexibility index (Phi) is 5.01. The number of piperazine rings is 1. The van der Waals surface area contributed by atoms with Crippen molar-refractivity contribution in [3.63, 3.8) is 0 Å². The summed E-state index contributed by atoms with van der Waals surface area (Å²) in [5, 5.41) is 19.7. The van der Waals surface area contributed by atoms with Crippen molar-refractivity contribution in [1.29, 1.82) is 0 Å². The number of aromatic nitrogens is 2. The number of carbonyl (C=O) groups is 1. The Balaban J connectivity index is 1.44. The average molecular weight is 368 g/mol. The fourth-order valence-electron chi connectivity index (χ4n) is 3.49. The number of ether oxygens (including phenoxy) is 1. The van der Waals surface area contributed by atoms with Crippen LogP contribution in [-0.2, 0) is 6.54 Å². The molecule has 0 aliphatic carbocycles. The predicted molar refractivity (Wildman–Crippen MR) is 91.4 cm³/mol. The van der Waals surface area contributed by atoms with Gasteiger partial charge in [-0.3, -0.25) is 9.47 Å². The van der Waals surface area contributed by atoms with Crippen molar-refractivity contribution in [2.45, 2.75) is 19.1 Å². The van der Waals surface area contributed by atoms with Crippen LogP contribution in [0.1, 0.15) is 6.92 Å². The highest BCUT2D eigenvalue weighted by Crippen LogP contribution is 2.31. The number of amides is 1. The standard InChI is InChI=1S/C15H24N6O5/c1-15(11-20-9-12(21(24)25)16-13(20)26-15)10-17(2)3-4-18-5-7-19(8-6-18)14(22)23/h9H,3-8,10-11H2,1-2H3,(H,22,23)/t15-/m0/s1. The lowest BCUT2D eigenvalue weighted by Crippen LogP contribution is -2.51. The molecule has 0 radical (unpaired) electrons. The van der Waals surface area contributed by atoms with Crippen LogP contribution in [0.25, 0.3) is 0 Å². The van der Waals surface area contributed by atoms with Crippen molar-refractivity contribution < 1.29 is 19.6 Å². The van der Waals surface area contributed by atoms with Gasteiger partial charge in [0.05, 0.1) is 6.54 Å². The molecule has 2 aliphatic heterocycles. The molecule has 0 saturated carbocycles. The van der Waals surface area contributed by atoms with Crippen molar-refractivity contribution in [3.05, 3.63) is 16.3 Å². The monoisotopic (exact) mass is 368 g/mol. The number of nitro groups is 1. The molecule has 0 bridgehead atoms. The minimum atomic E-state index is -0.856. The van der Waals surface area contributed by atoms with Gasteiger partial charge in [-0.2, -0.15) is 0 Å². The zero-order valence-electron chi connectivity index (χ0n) is 15.0. The Morgan fingerprint density at radius 3 is 2.73 bits per heavy atom. The largest absolute Gasteiger partial charge is 0.465 e. The van der Waals surface area contributed by atoms with Gasteiger partial charge in [0.1, 0.15) is 11.8 Å². The van der Waals surface area contributed by atoms with E-state index in [-0.39, 0.29) is 11.8 Å². The third-order valence-corrected chi connectivity index (χ3v) is 4.80. The van der Waals surface area contributed by atoms with Crippen LogP contribution in [0.4, 0.5) is 10.6 Å². The SMILES string of the molecule is CN(CCN1CCN(C(=O)O)CC1)C[C@@]1(C)Cn2cc([N+](=O)[O-])nc2O1. The maximum Gasteiger partial charge on any atom is 0.415 e. The Bertz CT molecular complexity index is 661. The predicted octanol–water partition coefficient (Wildman–Crippen LogP) is 0.170. The summed E-state index contributed by atoms with van der Waals surface area (Å²) in [5.41, 5.74) is -0.478. The molecule has 1 amide bonds. The maximum atomic E-state index is 10.9. The van der Waals surface area contributed by atoms with Gasteiger partial charge in [-0.05, 0) is 18.9 Å². The Hall–Kier alpha value is -2.40. The number of imidazole rings is 1. The second-order valence-corrected chi connectivity index (χ2v) is 7.17. The van der Waals surface area contributed by atoms with E-state index < -0.39 is 16.6 Å². The third kappa shape index (κ3) is 4.05. The molecule has 3 rings (SSSR count). The Labute approximate surface area is 150 Å². The summed E-state index contributed by atoms with van der Waals surface area (Å²) in [6.45, 7) is 7.41. The number of nitrogens with zero attached hydrogens (tertiary/aromatic N) is 6. The number of hydrogen-bond acceptors (Lipinski definition) is 7. The van der Waals surface area contributed by atoms with Crippen molar-refractivity contribution in [3.8, 4) is 6.01 Å². The number of likely N-dealkylation sites (N-methyl/N-ethyl adjacent to an activating group) is 1. The van der Waals surface area contributed by atoms with E-state index in [9.17, 15) is 14.9 Å². The zero-order valence-corrected chi connectivity index (χ0v) is 15.0. The molecule has 0 unspecified atom stereocenters. The first-order valence-corrected chi connectivity index (χ1v) is 8.55. The molecular formula is C15H24N6O5. The third-order valence-electron chi connectivity index (χ3n) is 4.80. The summed E-state index contributed by atoms with van der Waals surface area (Å²) in [7, 11) is 2.01. The number of hydrogen-bond donors (Lipinski definition) is 1. The van der Waals surface area contributed by atoms with Gasteiger partial charge in [0.15, 0.2) is 0 Å². The summed E-state index contributed by atoms with van der Waals surface area (Å²) < 4.78 is 7.53. The van der Waals surface area contributed by atoms with Crippen molar-refractivity contribution in [1.82, 2.24) is 24.3 Å². The fourth-order valence-corrected chi connectivity index (χ4v) is 3.49. The smallest absolute Gasteiger partial charge is 0.415 e. The van der Waals surface area contributed by atoms with Gasteiger partial charge >= 0.3 is 17.9 Å². The summed E-state index contributed by atoms with van der Waals surface area (Å²) in [6, 6.07) is 0.289. The van der Waals surface area contributed by atoms with E-state index in [4.69, 9.17) is 9.84 Å². The fraction of sp³-hybridized carbons (Fsp3) is 0.733. The molecule has 1 N–H and O–H groups in total. The highest BCUT2D eigenvalue weighted by molar-refractivity contribution is 5.65. The van der Waals surface area contributed by atoms with E-state index in [0.717, 1.165) is 26.2 Å². The van der Waals surface area contributed by atoms with Gasteiger partial charge in [0, 0.05) is 50.8 Å². The highest BCUT2D eigenvalue weighted by Gasteiger charge is 2.41. The normalized spacial score (nSPS) is 23.1. The van der Waals surface area contributed by atoms with Crippen LogP contribution in [0, 0.1) is 10.1 Å². The summed E-state index contributed by atoms with van der Waals surface area (Å²) >= 11 is 0. The van der Waals surface area contributed by atoms with Crippen LogP contribution in [-0.4, -0.2) is 98.8 Å². The molecule has 1 aromatic heterocycles. The van der Waals surface area contributed by atoms with Crippen LogP contribution in [0.2, 0.25) is 0 Å². The summed E-state index contributed by atoms with van der Waals surface area (Å²) in [4.78, 5) is 30.9. The van der Waals surface area contributed by atoms with Crippen LogP contribution in [0.15, 0.2) is 6.20 Å². The van der Waals surface area contributed by atoms with Gasteiger partial charge in [-0.15, -0.1) is 0 Å². The van der Waals surface area contributed by atoms with E-state index in [2.05, 4.69) is 14.8 Å². The Morgan fingerprint density at radius 1 is 1.46 bits per heavy atom. The van der Waals surface area contributed by atoms with Crippen molar-refractivity contribution in [2.24, 2.45) is 0 Å². The van der Waals surface area contributed by atoms with Crippen LogP contribution < -0.4 is 4.74 Å². The molecule has 144 valence electrons. The van der Waals surface area contributed by atoms with Crippen LogP contribution in [0.5, 0.6) is 6.01 Å². The first-order chi connectivity index (χ1) is 12.3. The molecule has 0 spiro atoms. The molecule has 1 saturated heterocycles. The molecule has 26 heavy (non-hydrogen) atoms. The maximum absolute atomic E-state index is 10.9. The molecule has 1 fully saturated rings. The number of carboxylic acid groups (broad SMARTS) is 1. The first kappa shape index (κ1) is 18.4. The zero-order chi connectivity index (χ0) is 18.9. The molecule has 3 heterocycles. The van der Waals surface area contributed by atoms with Gasteiger partial charge in [0.25, 0.3) is 0 Å². The van der Waals surface area contributed by atoms with Crippen LogP contribution in [0.3, 0.4) is 0 Å². The van der Waals surface area contributed by atoms with E-state index in [1.54, 1.807) is 4.57 Å². The molecule has 11 nitrogen and oxygen atoms in total. The molecule has 2 aliphatic rings. The molecular weight excluding hydrogens is 344 g/mol. The first-order valence-electron chi connectivity index (χ1n) is 8.55. The second-order valence-electron chi connectivity index (χ2n) is 7.17. The lowest BCUT2D eigenvalue weighted by molar-refractivity contribution is -0.389. The number of rotatable bonds is 6. The van der Waals surface area contributed by atoms with Crippen molar-refractivity contribution in [2.75, 3.05) is 52.9 Å². The van der Waals surface area contributed by atoms with E-state index in [1.807, 2.05) is 14.0 Å². The van der Waals surface area contributed by atoms with Gasteiger partial charge < -0.3 is 29.8 Å². The topological polar surface area (TPSA) is 117 Å². The Morgan fingerprint density at radius 2 is 2.15 bits per heavy atom. The van der Waals surface area contributed by atoms with Gasteiger partial charge in [-0.1, -0.05) is 0 Å². The van der Waals surface area contributed by atoms with E-state index in [0.29, 0.717) is 26.2 Å². The van der Waals surface area contributed by atoms with Crippen LogP contribution >= 0.6 is 0 Å². The molecule has 11 heteroatoms. The molecule has 0 aromatic carbocycles. The second kappa shape index (κ2) is 7.08. The lowest BCUT2D eigenvalue weighted by Gasteiger charge is -2.35. The minimum absolute atomic E-state index is 0.198. The van der Waals surface area contributed by atoms with Crippen molar-refractivity contribution >= 4 is 11.9 Å². The minimum Gasteiger partial charge on any atom is -0.465 e. The summed E-state index contributed by atoms with van der Waals surface area (Å²) in [5.74, 6) is -0.198. The quantitative estimate of drug-likeness (QED) is 0.558. The molecule has 1 atom stereocenters. The highest BCUT2D eigenvalue weighted by atomic mass is 16.6. The summed E-state index contributed by atoms with van der Waals surface area (Å²) in [6.07, 6.45) is 0.550. The lowest BCUT2D eigenvalue weighted by atomic mass is 10.1. The van der Waals surface area contributed by atoms with Gasteiger partial charge in [-0.25, -0.2) is 4.79 Å². The molecule has 1 aromatic rings. The van der Waals surface area contributed by atoms with E-state index in [1.165, 1.54) is 11.1 Å². The van der Waals surface area contributed by atoms with E-state index >= 15 is 0 Å². The number of fused-ring (bicyclic) bond motifs is 1. The van der Waals surface area contributed by atoms with Gasteiger partial charge in [0.2, 0.25) is 0 Å².